The average Bonchev–Trinajstić information content (AvgIpc) is 3.27. The zero-order valence-electron chi connectivity index (χ0n) is 15.6. The van der Waals surface area contributed by atoms with Crippen molar-refractivity contribution >= 4 is 12.1 Å². The lowest BCUT2D eigenvalue weighted by Crippen LogP contribution is -2.55. The first-order valence-electron chi connectivity index (χ1n) is 9.69. The van der Waals surface area contributed by atoms with Crippen molar-refractivity contribution in [2.75, 3.05) is 40.4 Å². The van der Waals surface area contributed by atoms with Gasteiger partial charge in [-0.1, -0.05) is 12.8 Å². The molecule has 2 aliphatic heterocycles. The molecule has 1 aliphatic carbocycles. The molecule has 0 aromatic carbocycles. The maximum atomic E-state index is 13.1. The first-order valence-corrected chi connectivity index (χ1v) is 9.69. The molecule has 1 N–H and O–H groups in total. The van der Waals surface area contributed by atoms with Gasteiger partial charge in [0.15, 0.2) is 0 Å². The molecule has 7 heteroatoms. The minimum atomic E-state index is 0.0330. The van der Waals surface area contributed by atoms with Crippen LogP contribution in [0.1, 0.15) is 44.9 Å². The third-order valence-corrected chi connectivity index (χ3v) is 5.71. The molecule has 2 saturated heterocycles. The van der Waals surface area contributed by atoms with E-state index in [1.54, 1.807) is 19.0 Å². The van der Waals surface area contributed by atoms with Gasteiger partial charge in [-0.3, -0.25) is 0 Å². The fourth-order valence-corrected chi connectivity index (χ4v) is 4.34. The van der Waals surface area contributed by atoms with Gasteiger partial charge in [0.2, 0.25) is 0 Å². The summed E-state index contributed by atoms with van der Waals surface area (Å²) in [5.41, 5.74) is 0. The van der Waals surface area contributed by atoms with E-state index in [0.717, 1.165) is 38.6 Å². The Bertz CT molecular complexity index is 473. The number of nitrogens with one attached hydrogen (secondary N) is 1. The Hall–Kier alpha value is -1.50. The Morgan fingerprint density at radius 1 is 1.00 bits per heavy atom. The van der Waals surface area contributed by atoms with Crippen LogP contribution in [0, 0.1) is 0 Å². The summed E-state index contributed by atoms with van der Waals surface area (Å²) in [7, 11) is 3.55. The summed E-state index contributed by atoms with van der Waals surface area (Å²) >= 11 is 0. The Balaban J connectivity index is 1.67. The van der Waals surface area contributed by atoms with Crippen molar-refractivity contribution in [2.45, 2.75) is 63.1 Å². The van der Waals surface area contributed by atoms with E-state index in [2.05, 4.69) is 5.32 Å². The summed E-state index contributed by atoms with van der Waals surface area (Å²) in [5.74, 6) is 0. The summed E-state index contributed by atoms with van der Waals surface area (Å²) < 4.78 is 5.49. The van der Waals surface area contributed by atoms with Crippen LogP contribution in [0.4, 0.5) is 9.59 Å². The van der Waals surface area contributed by atoms with Gasteiger partial charge in [0.1, 0.15) is 0 Å². The summed E-state index contributed by atoms with van der Waals surface area (Å²) in [5, 5.41) is 3.25. The molecule has 142 valence electrons. The topological polar surface area (TPSA) is 65.1 Å². The van der Waals surface area contributed by atoms with Crippen LogP contribution in [-0.4, -0.2) is 85.3 Å². The quantitative estimate of drug-likeness (QED) is 0.843. The lowest BCUT2D eigenvalue weighted by molar-refractivity contribution is 0.0338. The van der Waals surface area contributed by atoms with Gasteiger partial charge in [0, 0.05) is 52.5 Å². The molecule has 3 aliphatic rings. The van der Waals surface area contributed by atoms with E-state index in [1.807, 2.05) is 9.80 Å². The van der Waals surface area contributed by atoms with Gasteiger partial charge in [-0.15, -0.1) is 0 Å². The molecule has 3 fully saturated rings. The number of rotatable bonds is 3. The van der Waals surface area contributed by atoms with E-state index in [1.165, 1.54) is 12.8 Å². The SMILES string of the molecule is CN(C)C(=O)N1CCC(N(C(=O)NC2CCCC2)C2CCOCC2)C1. The lowest BCUT2D eigenvalue weighted by Gasteiger charge is -2.39. The van der Waals surface area contributed by atoms with E-state index < -0.39 is 0 Å². The zero-order chi connectivity index (χ0) is 17.8. The minimum Gasteiger partial charge on any atom is -0.381 e. The third-order valence-electron chi connectivity index (χ3n) is 5.71. The van der Waals surface area contributed by atoms with Gasteiger partial charge in [-0.05, 0) is 32.1 Å². The molecule has 7 nitrogen and oxygen atoms in total. The van der Waals surface area contributed by atoms with Crippen LogP contribution in [0.15, 0.2) is 0 Å². The molecular formula is C18H32N4O3. The highest BCUT2D eigenvalue weighted by Crippen LogP contribution is 2.25. The molecular weight excluding hydrogens is 320 g/mol. The van der Waals surface area contributed by atoms with E-state index in [0.29, 0.717) is 25.8 Å². The van der Waals surface area contributed by atoms with Gasteiger partial charge in [0.25, 0.3) is 0 Å². The Kier molecular flexibility index (Phi) is 6.04. The van der Waals surface area contributed by atoms with Crippen LogP contribution >= 0.6 is 0 Å². The largest absolute Gasteiger partial charge is 0.381 e. The molecule has 0 spiro atoms. The van der Waals surface area contributed by atoms with Gasteiger partial charge < -0.3 is 24.8 Å². The third kappa shape index (κ3) is 4.37. The number of nitrogens with zero attached hydrogens (tertiary/aromatic N) is 3. The van der Waals surface area contributed by atoms with Crippen LogP contribution in [-0.2, 0) is 4.74 Å². The summed E-state index contributed by atoms with van der Waals surface area (Å²) in [6.45, 7) is 2.78. The summed E-state index contributed by atoms with van der Waals surface area (Å²) in [6, 6.07) is 0.729. The van der Waals surface area contributed by atoms with Crippen molar-refractivity contribution in [2.24, 2.45) is 0 Å². The fourth-order valence-electron chi connectivity index (χ4n) is 4.34. The number of hydrogen-bond donors (Lipinski definition) is 1. The predicted molar refractivity (Wildman–Crippen MR) is 95.5 cm³/mol. The van der Waals surface area contributed by atoms with Crippen LogP contribution in [0.5, 0.6) is 0 Å². The highest BCUT2D eigenvalue weighted by molar-refractivity contribution is 5.76. The molecule has 0 bridgehead atoms. The molecule has 3 rings (SSSR count). The van der Waals surface area contributed by atoms with Gasteiger partial charge in [0.05, 0.1) is 6.04 Å². The zero-order valence-corrected chi connectivity index (χ0v) is 15.6. The Labute approximate surface area is 150 Å². The number of amides is 4. The fraction of sp³-hybridized carbons (Fsp3) is 0.889. The Morgan fingerprint density at radius 2 is 1.68 bits per heavy atom. The van der Waals surface area contributed by atoms with E-state index in [-0.39, 0.29) is 24.1 Å². The number of carbonyl (C=O) groups excluding carboxylic acids is 2. The van der Waals surface area contributed by atoms with Crippen molar-refractivity contribution in [3.05, 3.63) is 0 Å². The molecule has 1 unspecified atom stereocenters. The van der Waals surface area contributed by atoms with Crippen molar-refractivity contribution in [1.29, 1.82) is 0 Å². The van der Waals surface area contributed by atoms with E-state index >= 15 is 0 Å². The normalized spacial score (nSPS) is 25.2. The maximum Gasteiger partial charge on any atom is 0.319 e. The van der Waals surface area contributed by atoms with Gasteiger partial charge in [-0.2, -0.15) is 0 Å². The van der Waals surface area contributed by atoms with Crippen LogP contribution in [0.25, 0.3) is 0 Å². The van der Waals surface area contributed by atoms with Crippen LogP contribution < -0.4 is 5.32 Å². The average molecular weight is 352 g/mol. The van der Waals surface area contributed by atoms with Gasteiger partial charge >= 0.3 is 12.1 Å². The molecule has 0 radical (unpaired) electrons. The van der Waals surface area contributed by atoms with Crippen molar-refractivity contribution in [3.8, 4) is 0 Å². The van der Waals surface area contributed by atoms with Gasteiger partial charge in [-0.25, -0.2) is 9.59 Å². The molecule has 25 heavy (non-hydrogen) atoms. The highest BCUT2D eigenvalue weighted by atomic mass is 16.5. The Morgan fingerprint density at radius 3 is 2.32 bits per heavy atom. The molecule has 2 heterocycles. The standard InChI is InChI=1S/C18H32N4O3/c1-20(2)18(24)21-10-7-16(13-21)22(15-8-11-25-12-9-15)17(23)19-14-5-3-4-6-14/h14-16H,3-13H2,1-2H3,(H,19,23). The molecule has 1 saturated carbocycles. The number of hydrogen-bond acceptors (Lipinski definition) is 3. The second-order valence-electron chi connectivity index (χ2n) is 7.75. The van der Waals surface area contributed by atoms with Crippen molar-refractivity contribution in [1.82, 2.24) is 20.0 Å². The first kappa shape index (κ1) is 18.3. The number of ether oxygens (including phenoxy) is 1. The number of urea groups is 2. The maximum absolute atomic E-state index is 13.1. The second kappa shape index (κ2) is 8.25. The van der Waals surface area contributed by atoms with Crippen LogP contribution in [0.2, 0.25) is 0 Å². The molecule has 0 aromatic rings. The van der Waals surface area contributed by atoms with Crippen molar-refractivity contribution < 1.29 is 14.3 Å². The molecule has 0 aromatic heterocycles. The lowest BCUT2D eigenvalue weighted by atomic mass is 10.0. The van der Waals surface area contributed by atoms with E-state index in [9.17, 15) is 9.59 Å². The van der Waals surface area contributed by atoms with Crippen molar-refractivity contribution in [3.63, 3.8) is 0 Å². The predicted octanol–water partition coefficient (Wildman–Crippen LogP) is 1.88. The smallest absolute Gasteiger partial charge is 0.319 e. The summed E-state index contributed by atoms with van der Waals surface area (Å²) in [6.07, 6.45) is 7.21. The highest BCUT2D eigenvalue weighted by Gasteiger charge is 2.38. The number of carbonyl (C=O) groups is 2. The molecule has 4 amide bonds. The number of likely N-dealkylation sites (tertiary alicyclic amines) is 1. The van der Waals surface area contributed by atoms with Crippen LogP contribution in [0.3, 0.4) is 0 Å². The van der Waals surface area contributed by atoms with E-state index in [4.69, 9.17) is 4.74 Å². The molecule has 1 atom stereocenters. The first-order chi connectivity index (χ1) is 12.1. The monoisotopic (exact) mass is 352 g/mol. The second-order valence-corrected chi connectivity index (χ2v) is 7.75. The summed E-state index contributed by atoms with van der Waals surface area (Å²) in [4.78, 5) is 30.8. The minimum absolute atomic E-state index is 0.0330.